The summed E-state index contributed by atoms with van der Waals surface area (Å²) in [6, 6.07) is 27.2. The van der Waals surface area contributed by atoms with Gasteiger partial charge in [-0.2, -0.15) is 5.26 Å². The molecule has 0 aliphatic carbocycles. The Labute approximate surface area is 188 Å². The molecule has 0 saturated carbocycles. The van der Waals surface area contributed by atoms with Gasteiger partial charge < -0.3 is 10.2 Å². The Morgan fingerprint density at radius 3 is 2.19 bits per heavy atom. The molecule has 0 saturated heterocycles. The Bertz CT molecular complexity index is 1090. The zero-order valence-corrected chi connectivity index (χ0v) is 17.8. The van der Waals surface area contributed by atoms with Crippen molar-refractivity contribution in [1.82, 2.24) is 10.2 Å². The van der Waals surface area contributed by atoms with E-state index in [-0.39, 0.29) is 18.2 Å². The molecule has 5 heteroatoms. The monoisotopic (exact) mass is 423 g/mol. The molecule has 1 unspecified atom stereocenters. The third kappa shape index (κ3) is 6.16. The predicted molar refractivity (Wildman–Crippen MR) is 124 cm³/mol. The summed E-state index contributed by atoms with van der Waals surface area (Å²) in [5.74, 6) is -0.328. The van der Waals surface area contributed by atoms with Crippen LogP contribution in [0.15, 0.2) is 97.6 Å². The quantitative estimate of drug-likeness (QED) is 0.510. The number of hydrogen-bond donors (Lipinski definition) is 1. The first-order chi connectivity index (χ1) is 15.6. The zero-order chi connectivity index (χ0) is 22.8. The van der Waals surface area contributed by atoms with Gasteiger partial charge in [0.15, 0.2) is 0 Å². The van der Waals surface area contributed by atoms with E-state index >= 15 is 0 Å². The summed E-state index contributed by atoms with van der Waals surface area (Å²) in [5.41, 5.74) is 2.90. The SMILES string of the molecule is C=CCN(Cc1ccc(C#N)cc1)C(=O)CC(NC(=O)c1ccccc1)c1ccccc1. The summed E-state index contributed by atoms with van der Waals surface area (Å²) in [7, 11) is 0. The molecule has 5 nitrogen and oxygen atoms in total. The van der Waals surface area contributed by atoms with Gasteiger partial charge in [-0.3, -0.25) is 9.59 Å². The third-order valence-corrected chi connectivity index (χ3v) is 5.08. The highest BCUT2D eigenvalue weighted by atomic mass is 16.2. The number of nitrogens with zero attached hydrogens (tertiary/aromatic N) is 2. The first-order valence-electron chi connectivity index (χ1n) is 10.4. The molecule has 32 heavy (non-hydrogen) atoms. The minimum Gasteiger partial charge on any atom is -0.345 e. The molecule has 3 aromatic rings. The van der Waals surface area contributed by atoms with Crippen molar-refractivity contribution in [3.63, 3.8) is 0 Å². The van der Waals surface area contributed by atoms with Crippen LogP contribution in [0, 0.1) is 11.3 Å². The van der Waals surface area contributed by atoms with E-state index in [1.54, 1.807) is 47.4 Å². The fourth-order valence-corrected chi connectivity index (χ4v) is 3.39. The van der Waals surface area contributed by atoms with Crippen molar-refractivity contribution in [2.45, 2.75) is 19.0 Å². The number of carbonyl (C=O) groups excluding carboxylic acids is 2. The van der Waals surface area contributed by atoms with Crippen molar-refractivity contribution in [2.75, 3.05) is 6.54 Å². The average molecular weight is 424 g/mol. The number of benzene rings is 3. The van der Waals surface area contributed by atoms with Crippen molar-refractivity contribution in [1.29, 1.82) is 5.26 Å². The molecule has 1 N–H and O–H groups in total. The molecule has 0 aliphatic rings. The Kier molecular flexibility index (Phi) is 7.94. The lowest BCUT2D eigenvalue weighted by Gasteiger charge is -2.25. The number of rotatable bonds is 9. The highest BCUT2D eigenvalue weighted by Crippen LogP contribution is 2.20. The second-order valence-electron chi connectivity index (χ2n) is 7.38. The van der Waals surface area contributed by atoms with Crippen LogP contribution in [-0.4, -0.2) is 23.3 Å². The minimum atomic E-state index is -0.468. The van der Waals surface area contributed by atoms with E-state index in [4.69, 9.17) is 5.26 Å². The highest BCUT2D eigenvalue weighted by molar-refractivity contribution is 5.94. The normalized spacial score (nSPS) is 11.1. The van der Waals surface area contributed by atoms with E-state index < -0.39 is 6.04 Å². The molecule has 0 radical (unpaired) electrons. The van der Waals surface area contributed by atoms with E-state index in [2.05, 4.69) is 18.0 Å². The van der Waals surface area contributed by atoms with Crippen LogP contribution in [0.5, 0.6) is 0 Å². The maximum Gasteiger partial charge on any atom is 0.251 e. The van der Waals surface area contributed by atoms with Crippen LogP contribution in [0.2, 0.25) is 0 Å². The van der Waals surface area contributed by atoms with Crippen molar-refractivity contribution in [2.24, 2.45) is 0 Å². The lowest BCUT2D eigenvalue weighted by Crippen LogP contribution is -2.36. The molecule has 0 fully saturated rings. The largest absolute Gasteiger partial charge is 0.345 e. The maximum absolute atomic E-state index is 13.2. The van der Waals surface area contributed by atoms with E-state index in [0.717, 1.165) is 11.1 Å². The van der Waals surface area contributed by atoms with Gasteiger partial charge in [0.05, 0.1) is 24.1 Å². The van der Waals surface area contributed by atoms with Gasteiger partial charge in [0.25, 0.3) is 5.91 Å². The summed E-state index contributed by atoms with van der Waals surface area (Å²) in [4.78, 5) is 27.7. The number of carbonyl (C=O) groups is 2. The second kappa shape index (κ2) is 11.3. The predicted octanol–water partition coefficient (Wildman–Crippen LogP) is 4.63. The van der Waals surface area contributed by atoms with Crippen molar-refractivity contribution < 1.29 is 9.59 Å². The molecule has 0 aliphatic heterocycles. The number of hydrogen-bond acceptors (Lipinski definition) is 3. The number of nitriles is 1. The molecule has 0 heterocycles. The summed E-state index contributed by atoms with van der Waals surface area (Å²) < 4.78 is 0. The van der Waals surface area contributed by atoms with Crippen LogP contribution in [0.1, 0.15) is 39.5 Å². The molecule has 0 bridgehead atoms. The Morgan fingerprint density at radius 2 is 1.59 bits per heavy atom. The van der Waals surface area contributed by atoms with Gasteiger partial charge in [0.1, 0.15) is 0 Å². The summed E-state index contributed by atoms with van der Waals surface area (Å²) in [6.45, 7) is 4.55. The van der Waals surface area contributed by atoms with E-state index in [9.17, 15) is 9.59 Å². The van der Waals surface area contributed by atoms with Crippen molar-refractivity contribution in [3.05, 3.63) is 120 Å². The summed E-state index contributed by atoms with van der Waals surface area (Å²) in [5, 5.41) is 12.0. The molecular weight excluding hydrogens is 398 g/mol. The van der Waals surface area contributed by atoms with Gasteiger partial charge in [-0.1, -0.05) is 66.7 Å². The van der Waals surface area contributed by atoms with Gasteiger partial charge >= 0.3 is 0 Å². The van der Waals surface area contributed by atoms with Crippen LogP contribution in [0.3, 0.4) is 0 Å². The second-order valence-corrected chi connectivity index (χ2v) is 7.38. The first-order valence-corrected chi connectivity index (χ1v) is 10.4. The van der Waals surface area contributed by atoms with E-state index in [1.807, 2.05) is 48.5 Å². The lowest BCUT2D eigenvalue weighted by molar-refractivity contribution is -0.131. The smallest absolute Gasteiger partial charge is 0.251 e. The van der Waals surface area contributed by atoms with Crippen molar-refractivity contribution in [3.8, 4) is 6.07 Å². The maximum atomic E-state index is 13.2. The molecule has 3 aromatic carbocycles. The number of amides is 2. The number of nitrogens with one attached hydrogen (secondary N) is 1. The standard InChI is InChI=1S/C27H25N3O2/c1-2-17-30(20-22-15-13-21(19-28)14-16-22)26(31)18-25(23-9-5-3-6-10-23)29-27(32)24-11-7-4-8-12-24/h2-16,25H,1,17-18,20H2,(H,29,32). The van der Waals surface area contributed by atoms with Crippen LogP contribution in [-0.2, 0) is 11.3 Å². The van der Waals surface area contributed by atoms with Crippen LogP contribution < -0.4 is 5.32 Å². The molecule has 3 rings (SSSR count). The Hall–Kier alpha value is -4.17. The topological polar surface area (TPSA) is 73.2 Å². The molecule has 160 valence electrons. The van der Waals surface area contributed by atoms with Gasteiger partial charge in [-0.05, 0) is 35.4 Å². The first kappa shape index (κ1) is 22.5. The van der Waals surface area contributed by atoms with E-state index in [1.165, 1.54) is 0 Å². The fraction of sp³-hybridized carbons (Fsp3) is 0.148. The minimum absolute atomic E-state index is 0.100. The van der Waals surface area contributed by atoms with Gasteiger partial charge in [0.2, 0.25) is 5.91 Å². The molecule has 0 aromatic heterocycles. The van der Waals surface area contributed by atoms with Gasteiger partial charge in [-0.25, -0.2) is 0 Å². The van der Waals surface area contributed by atoms with E-state index in [0.29, 0.717) is 24.2 Å². The molecule has 2 amide bonds. The summed E-state index contributed by atoms with van der Waals surface area (Å²) in [6.07, 6.45) is 1.80. The zero-order valence-electron chi connectivity index (χ0n) is 17.8. The fourth-order valence-electron chi connectivity index (χ4n) is 3.39. The third-order valence-electron chi connectivity index (χ3n) is 5.08. The van der Waals surface area contributed by atoms with Crippen LogP contribution in [0.4, 0.5) is 0 Å². The van der Waals surface area contributed by atoms with Crippen LogP contribution >= 0.6 is 0 Å². The van der Waals surface area contributed by atoms with Crippen molar-refractivity contribution >= 4 is 11.8 Å². The van der Waals surface area contributed by atoms with Gasteiger partial charge in [-0.15, -0.1) is 6.58 Å². The Balaban J connectivity index is 1.77. The summed E-state index contributed by atoms with van der Waals surface area (Å²) >= 11 is 0. The van der Waals surface area contributed by atoms with Gasteiger partial charge in [0, 0.05) is 18.7 Å². The highest BCUT2D eigenvalue weighted by Gasteiger charge is 2.22. The average Bonchev–Trinajstić information content (AvgIpc) is 2.84. The molecule has 0 spiro atoms. The molecular formula is C27H25N3O2. The van der Waals surface area contributed by atoms with Crippen LogP contribution in [0.25, 0.3) is 0 Å². The lowest BCUT2D eigenvalue weighted by atomic mass is 10.0. The Morgan fingerprint density at radius 1 is 0.969 bits per heavy atom. The molecule has 1 atom stereocenters.